The second kappa shape index (κ2) is 5.22. The van der Waals surface area contributed by atoms with E-state index in [0.717, 1.165) is 25.5 Å². The molecule has 0 atom stereocenters. The van der Waals surface area contributed by atoms with E-state index in [2.05, 4.69) is 0 Å². The predicted octanol–water partition coefficient (Wildman–Crippen LogP) is 4.47. The van der Waals surface area contributed by atoms with Gasteiger partial charge in [-0.05, 0) is 42.8 Å². The summed E-state index contributed by atoms with van der Waals surface area (Å²) < 4.78 is 38.6. The molecule has 0 N–H and O–H groups in total. The Hall–Kier alpha value is -1.16. The summed E-state index contributed by atoms with van der Waals surface area (Å²) in [6.45, 7) is 1.02. The Morgan fingerprint density at radius 2 is 2.06 bits per heavy atom. The third-order valence-electron chi connectivity index (χ3n) is 2.88. The monoisotopic (exact) mass is 275 g/mol. The van der Waals surface area contributed by atoms with Crippen LogP contribution in [0.25, 0.3) is 0 Å². The van der Waals surface area contributed by atoms with Crippen LogP contribution in [0.2, 0.25) is 5.02 Å². The number of alkyl halides is 3. The number of allylic oxidation sites excluding steroid dienone is 1. The van der Waals surface area contributed by atoms with E-state index in [0.29, 0.717) is 5.02 Å². The molecule has 0 unspecified atom stereocenters. The minimum Gasteiger partial charge on any atom is -0.373 e. The topological polar surface area (TPSA) is 3.24 Å². The van der Waals surface area contributed by atoms with Crippen LogP contribution in [0.15, 0.2) is 30.5 Å². The molecule has 0 saturated carbocycles. The van der Waals surface area contributed by atoms with E-state index < -0.39 is 11.7 Å². The molecule has 2 rings (SSSR count). The van der Waals surface area contributed by atoms with Crippen molar-refractivity contribution < 1.29 is 13.2 Å². The highest BCUT2D eigenvalue weighted by molar-refractivity contribution is 6.30. The van der Waals surface area contributed by atoms with Gasteiger partial charge in [0.2, 0.25) is 0 Å². The largest absolute Gasteiger partial charge is 0.416 e. The maximum Gasteiger partial charge on any atom is 0.416 e. The van der Waals surface area contributed by atoms with Gasteiger partial charge in [0.15, 0.2) is 0 Å². The van der Waals surface area contributed by atoms with Crippen molar-refractivity contribution in [1.82, 2.24) is 4.90 Å². The molecule has 0 aromatic heterocycles. The maximum absolute atomic E-state index is 12.9. The van der Waals surface area contributed by atoms with Gasteiger partial charge in [0, 0.05) is 18.1 Å². The lowest BCUT2D eigenvalue weighted by Crippen LogP contribution is -2.22. The van der Waals surface area contributed by atoms with Gasteiger partial charge in [-0.15, -0.1) is 0 Å². The van der Waals surface area contributed by atoms with E-state index >= 15 is 0 Å². The summed E-state index contributed by atoms with van der Waals surface area (Å²) in [4.78, 5) is 1.88. The van der Waals surface area contributed by atoms with Gasteiger partial charge in [0.05, 0.1) is 5.56 Å². The molecule has 5 heteroatoms. The van der Waals surface area contributed by atoms with Crippen LogP contribution in [0.3, 0.4) is 0 Å². The lowest BCUT2D eigenvalue weighted by Gasteiger charge is -2.25. The molecule has 0 bridgehead atoms. The molecular formula is C13H13ClF3N. The zero-order valence-electron chi connectivity index (χ0n) is 9.67. The molecule has 1 aromatic carbocycles. The molecule has 0 radical (unpaired) electrons. The smallest absolute Gasteiger partial charge is 0.373 e. The Morgan fingerprint density at radius 3 is 2.67 bits per heavy atom. The summed E-state index contributed by atoms with van der Waals surface area (Å²) >= 11 is 5.78. The van der Waals surface area contributed by atoms with Crippen LogP contribution in [-0.4, -0.2) is 11.4 Å². The average molecular weight is 276 g/mol. The SMILES string of the molecule is FC(F)(F)c1ccc(Cl)cc1CN1C=CCCC1. The molecule has 0 fully saturated rings. The summed E-state index contributed by atoms with van der Waals surface area (Å²) in [5.74, 6) is 0. The Morgan fingerprint density at radius 1 is 1.28 bits per heavy atom. The van der Waals surface area contributed by atoms with Gasteiger partial charge in [-0.3, -0.25) is 0 Å². The van der Waals surface area contributed by atoms with Gasteiger partial charge in [-0.2, -0.15) is 13.2 Å². The normalized spacial score (nSPS) is 16.1. The maximum atomic E-state index is 12.9. The summed E-state index contributed by atoms with van der Waals surface area (Å²) in [5.41, 5.74) is -0.382. The lowest BCUT2D eigenvalue weighted by molar-refractivity contribution is -0.138. The van der Waals surface area contributed by atoms with E-state index in [9.17, 15) is 13.2 Å². The number of hydrogen-bond donors (Lipinski definition) is 0. The first-order valence-corrected chi connectivity index (χ1v) is 6.11. The second-order valence-electron chi connectivity index (χ2n) is 4.30. The van der Waals surface area contributed by atoms with E-state index in [1.54, 1.807) is 0 Å². The fraction of sp³-hybridized carbons (Fsp3) is 0.385. The highest BCUT2D eigenvalue weighted by atomic mass is 35.5. The Labute approximate surface area is 109 Å². The highest BCUT2D eigenvalue weighted by Crippen LogP contribution is 2.34. The first-order valence-electron chi connectivity index (χ1n) is 5.73. The number of halogens is 4. The van der Waals surface area contributed by atoms with Crippen LogP contribution in [0.4, 0.5) is 13.2 Å². The molecule has 18 heavy (non-hydrogen) atoms. The third-order valence-corrected chi connectivity index (χ3v) is 3.11. The number of hydrogen-bond acceptors (Lipinski definition) is 1. The standard InChI is InChI=1S/C13H13ClF3N/c14-11-4-5-12(13(15,16)17)10(8-11)9-18-6-2-1-3-7-18/h2,4-6,8H,1,3,7,9H2. The van der Waals surface area contributed by atoms with E-state index in [4.69, 9.17) is 11.6 Å². The Balaban J connectivity index is 2.27. The van der Waals surface area contributed by atoms with Crippen molar-refractivity contribution in [1.29, 1.82) is 0 Å². The molecular weight excluding hydrogens is 263 g/mol. The van der Waals surface area contributed by atoms with Gasteiger partial charge in [-0.25, -0.2) is 0 Å². The first-order chi connectivity index (χ1) is 8.47. The van der Waals surface area contributed by atoms with Gasteiger partial charge in [0.1, 0.15) is 0 Å². The summed E-state index contributed by atoms with van der Waals surface area (Å²) in [5, 5.41) is 0.332. The molecule has 0 spiro atoms. The van der Waals surface area contributed by atoms with Crippen LogP contribution in [0.1, 0.15) is 24.0 Å². The van der Waals surface area contributed by atoms with Gasteiger partial charge in [0.25, 0.3) is 0 Å². The fourth-order valence-electron chi connectivity index (χ4n) is 2.03. The first kappa shape index (κ1) is 13.3. The fourth-order valence-corrected chi connectivity index (χ4v) is 2.23. The molecule has 98 valence electrons. The van der Waals surface area contributed by atoms with Crippen molar-refractivity contribution >= 4 is 11.6 Å². The minimum absolute atomic E-state index is 0.224. The molecule has 1 nitrogen and oxygen atoms in total. The van der Waals surface area contributed by atoms with Gasteiger partial charge in [-0.1, -0.05) is 17.7 Å². The second-order valence-corrected chi connectivity index (χ2v) is 4.73. The molecule has 0 saturated heterocycles. The quantitative estimate of drug-likeness (QED) is 0.770. The van der Waals surface area contributed by atoms with E-state index in [1.165, 1.54) is 12.1 Å². The van der Waals surface area contributed by atoms with Crippen LogP contribution in [-0.2, 0) is 12.7 Å². The number of rotatable bonds is 2. The van der Waals surface area contributed by atoms with Crippen molar-refractivity contribution in [2.24, 2.45) is 0 Å². The lowest BCUT2D eigenvalue weighted by atomic mass is 10.1. The number of benzene rings is 1. The average Bonchev–Trinajstić information content (AvgIpc) is 2.28. The Bertz CT molecular complexity index is 454. The molecule has 1 aliphatic heterocycles. The van der Waals surface area contributed by atoms with Crippen LogP contribution in [0.5, 0.6) is 0 Å². The van der Waals surface area contributed by atoms with Crippen molar-refractivity contribution in [2.45, 2.75) is 25.6 Å². The molecule has 1 heterocycles. The Kier molecular flexibility index (Phi) is 3.85. The van der Waals surface area contributed by atoms with Crippen molar-refractivity contribution in [2.75, 3.05) is 6.54 Å². The summed E-state index contributed by atoms with van der Waals surface area (Å²) in [6.07, 6.45) is 1.45. The summed E-state index contributed by atoms with van der Waals surface area (Å²) in [7, 11) is 0. The van der Waals surface area contributed by atoms with Crippen LogP contribution >= 0.6 is 11.6 Å². The zero-order chi connectivity index (χ0) is 13.2. The molecule has 1 aromatic rings. The van der Waals surface area contributed by atoms with Crippen molar-refractivity contribution in [3.63, 3.8) is 0 Å². The van der Waals surface area contributed by atoms with E-state index in [-0.39, 0.29) is 12.1 Å². The van der Waals surface area contributed by atoms with E-state index in [1.807, 2.05) is 17.2 Å². The van der Waals surface area contributed by atoms with Gasteiger partial charge >= 0.3 is 6.18 Å². The molecule has 0 aliphatic carbocycles. The van der Waals surface area contributed by atoms with Crippen molar-refractivity contribution in [3.05, 3.63) is 46.6 Å². The van der Waals surface area contributed by atoms with Crippen molar-refractivity contribution in [3.8, 4) is 0 Å². The van der Waals surface area contributed by atoms with Crippen LogP contribution in [0, 0.1) is 0 Å². The molecule has 0 amide bonds. The van der Waals surface area contributed by atoms with Crippen LogP contribution < -0.4 is 0 Å². The predicted molar refractivity (Wildman–Crippen MR) is 65.2 cm³/mol. The highest BCUT2D eigenvalue weighted by Gasteiger charge is 2.33. The minimum atomic E-state index is -4.33. The van der Waals surface area contributed by atoms with Gasteiger partial charge < -0.3 is 4.90 Å². The summed E-state index contributed by atoms with van der Waals surface area (Å²) in [6, 6.07) is 3.72. The third kappa shape index (κ3) is 3.19. The zero-order valence-corrected chi connectivity index (χ0v) is 10.4. The number of nitrogens with zero attached hydrogens (tertiary/aromatic N) is 1. The molecule has 1 aliphatic rings.